The number of carbonyl (C=O) groups excluding carboxylic acids is 1. The van der Waals surface area contributed by atoms with E-state index < -0.39 is 0 Å². The Morgan fingerprint density at radius 3 is 2.20 bits per heavy atom. The molecule has 0 aromatic carbocycles. The Bertz CT molecular complexity index is 392. The summed E-state index contributed by atoms with van der Waals surface area (Å²) in [4.78, 5) is 14.8. The fourth-order valence-corrected chi connectivity index (χ4v) is 4.36. The fourth-order valence-electron chi connectivity index (χ4n) is 4.36. The highest BCUT2D eigenvalue weighted by Crippen LogP contribution is 2.56. The maximum atomic E-state index is 12.8. The van der Waals surface area contributed by atoms with Gasteiger partial charge in [-0.05, 0) is 37.5 Å². The van der Waals surface area contributed by atoms with E-state index in [1.807, 2.05) is 4.90 Å². The van der Waals surface area contributed by atoms with E-state index in [1.165, 1.54) is 38.5 Å². The largest absolute Gasteiger partial charge is 0.409 e. The van der Waals surface area contributed by atoms with E-state index in [2.05, 4.69) is 5.16 Å². The number of amidine groups is 1. The number of hydrogen-bond acceptors (Lipinski definition) is 3. The molecule has 0 aromatic rings. The number of oxime groups is 1. The Balaban J connectivity index is 1.69. The van der Waals surface area contributed by atoms with Crippen LogP contribution in [0.15, 0.2) is 5.16 Å². The Hall–Kier alpha value is -1.26. The molecule has 112 valence electrons. The van der Waals surface area contributed by atoms with Crippen molar-refractivity contribution < 1.29 is 10.0 Å². The van der Waals surface area contributed by atoms with Crippen molar-refractivity contribution in [2.75, 3.05) is 6.54 Å². The van der Waals surface area contributed by atoms with Gasteiger partial charge >= 0.3 is 0 Å². The standard InChI is InChI=1S/C15H25N3O2/c16-13(17-20)9-18(10-5-1-2-6-10)15(19)14-11-7-3-4-8-12(11)14/h10-12,14,20H,1-9H2,(H2,16,17). The maximum absolute atomic E-state index is 12.8. The highest BCUT2D eigenvalue weighted by molar-refractivity contribution is 5.89. The van der Waals surface area contributed by atoms with Gasteiger partial charge in [0.2, 0.25) is 5.91 Å². The van der Waals surface area contributed by atoms with Crippen molar-refractivity contribution in [1.29, 1.82) is 0 Å². The number of amides is 1. The molecule has 0 aliphatic heterocycles. The molecule has 5 nitrogen and oxygen atoms in total. The molecule has 20 heavy (non-hydrogen) atoms. The van der Waals surface area contributed by atoms with Crippen LogP contribution in [0.1, 0.15) is 51.4 Å². The van der Waals surface area contributed by atoms with Crippen LogP contribution in [0.4, 0.5) is 0 Å². The van der Waals surface area contributed by atoms with Gasteiger partial charge in [0.05, 0.1) is 6.54 Å². The van der Waals surface area contributed by atoms with Gasteiger partial charge in [0.1, 0.15) is 0 Å². The van der Waals surface area contributed by atoms with E-state index in [4.69, 9.17) is 10.9 Å². The molecule has 2 atom stereocenters. The van der Waals surface area contributed by atoms with E-state index in [1.54, 1.807) is 0 Å². The van der Waals surface area contributed by atoms with Crippen LogP contribution in [0.2, 0.25) is 0 Å². The number of fused-ring (bicyclic) bond motifs is 1. The SMILES string of the molecule is NC(CN(C(=O)C1C2CCCCC21)C1CCCC1)=NO. The zero-order chi connectivity index (χ0) is 14.1. The van der Waals surface area contributed by atoms with Crippen molar-refractivity contribution in [3.63, 3.8) is 0 Å². The molecule has 3 aliphatic carbocycles. The molecule has 2 unspecified atom stereocenters. The lowest BCUT2D eigenvalue weighted by atomic mass is 10.0. The molecule has 1 amide bonds. The molecule has 0 heterocycles. The van der Waals surface area contributed by atoms with Gasteiger partial charge < -0.3 is 15.8 Å². The van der Waals surface area contributed by atoms with Gasteiger partial charge in [-0.25, -0.2) is 0 Å². The van der Waals surface area contributed by atoms with Crippen molar-refractivity contribution in [1.82, 2.24) is 4.90 Å². The molecule has 0 radical (unpaired) electrons. The third kappa shape index (κ3) is 2.50. The lowest BCUT2D eigenvalue weighted by Crippen LogP contribution is -2.45. The minimum Gasteiger partial charge on any atom is -0.409 e. The monoisotopic (exact) mass is 279 g/mol. The molecular formula is C15H25N3O2. The predicted octanol–water partition coefficient (Wildman–Crippen LogP) is 1.94. The number of carbonyl (C=O) groups is 1. The van der Waals surface area contributed by atoms with Gasteiger partial charge in [-0.15, -0.1) is 0 Å². The van der Waals surface area contributed by atoms with Crippen molar-refractivity contribution in [3.8, 4) is 0 Å². The highest BCUT2D eigenvalue weighted by atomic mass is 16.4. The lowest BCUT2D eigenvalue weighted by Gasteiger charge is -2.29. The quantitative estimate of drug-likeness (QED) is 0.357. The first-order chi connectivity index (χ1) is 9.72. The summed E-state index contributed by atoms with van der Waals surface area (Å²) in [5.74, 6) is 1.87. The van der Waals surface area contributed by atoms with Gasteiger partial charge in [0, 0.05) is 12.0 Å². The van der Waals surface area contributed by atoms with Crippen molar-refractivity contribution >= 4 is 11.7 Å². The Kier molecular flexibility index (Phi) is 3.85. The summed E-state index contributed by atoms with van der Waals surface area (Å²) in [5, 5.41) is 11.8. The topological polar surface area (TPSA) is 78.9 Å². The van der Waals surface area contributed by atoms with Crippen molar-refractivity contribution in [2.45, 2.75) is 57.4 Å². The minimum absolute atomic E-state index is 0.147. The summed E-state index contributed by atoms with van der Waals surface area (Å²) in [6.45, 7) is 0.288. The molecule has 3 aliphatic rings. The lowest BCUT2D eigenvalue weighted by molar-refractivity contribution is -0.134. The molecule has 3 fully saturated rings. The first-order valence-corrected chi connectivity index (χ1v) is 7.99. The van der Waals surface area contributed by atoms with Crippen molar-refractivity contribution in [2.24, 2.45) is 28.6 Å². The number of hydrogen-bond donors (Lipinski definition) is 2. The smallest absolute Gasteiger partial charge is 0.226 e. The Morgan fingerprint density at radius 2 is 1.65 bits per heavy atom. The van der Waals surface area contributed by atoms with E-state index in [0.29, 0.717) is 17.9 Å². The molecule has 5 heteroatoms. The van der Waals surface area contributed by atoms with Crippen LogP contribution in [-0.4, -0.2) is 34.4 Å². The molecular weight excluding hydrogens is 254 g/mol. The fraction of sp³-hybridized carbons (Fsp3) is 0.867. The second-order valence-electron chi connectivity index (χ2n) is 6.63. The van der Waals surface area contributed by atoms with E-state index >= 15 is 0 Å². The summed E-state index contributed by atoms with van der Waals surface area (Å²) in [6, 6.07) is 0.297. The second-order valence-corrected chi connectivity index (χ2v) is 6.63. The number of nitrogens with two attached hydrogens (primary N) is 1. The molecule has 0 saturated heterocycles. The van der Waals surface area contributed by atoms with Crippen LogP contribution < -0.4 is 5.73 Å². The summed E-state index contributed by atoms with van der Waals surface area (Å²) < 4.78 is 0. The number of rotatable bonds is 4. The van der Waals surface area contributed by atoms with Gasteiger partial charge in [0.25, 0.3) is 0 Å². The molecule has 0 aromatic heterocycles. The predicted molar refractivity (Wildman–Crippen MR) is 76.3 cm³/mol. The second kappa shape index (κ2) is 5.62. The summed E-state index contributed by atoms with van der Waals surface area (Å²) >= 11 is 0. The van der Waals surface area contributed by atoms with E-state index in [9.17, 15) is 4.79 Å². The third-order valence-corrected chi connectivity index (χ3v) is 5.45. The van der Waals surface area contributed by atoms with E-state index in [0.717, 1.165) is 12.8 Å². The molecule has 0 bridgehead atoms. The van der Waals surface area contributed by atoms with Crippen LogP contribution in [0.3, 0.4) is 0 Å². The average Bonchev–Trinajstić information content (AvgIpc) is 2.94. The molecule has 0 spiro atoms. The first-order valence-electron chi connectivity index (χ1n) is 7.99. The van der Waals surface area contributed by atoms with Crippen molar-refractivity contribution in [3.05, 3.63) is 0 Å². The molecule has 3 N–H and O–H groups in total. The van der Waals surface area contributed by atoms with Crippen LogP contribution in [0.25, 0.3) is 0 Å². The normalized spacial score (nSPS) is 33.8. The van der Waals surface area contributed by atoms with Gasteiger partial charge in [-0.1, -0.05) is 30.8 Å². The minimum atomic E-state index is 0.147. The van der Waals surface area contributed by atoms with Crippen LogP contribution in [0.5, 0.6) is 0 Å². The van der Waals surface area contributed by atoms with Gasteiger partial charge in [-0.2, -0.15) is 0 Å². The van der Waals surface area contributed by atoms with Crippen LogP contribution >= 0.6 is 0 Å². The van der Waals surface area contributed by atoms with Gasteiger partial charge in [0.15, 0.2) is 5.84 Å². The van der Waals surface area contributed by atoms with E-state index in [-0.39, 0.29) is 24.2 Å². The zero-order valence-corrected chi connectivity index (χ0v) is 12.0. The molecule has 3 saturated carbocycles. The van der Waals surface area contributed by atoms with Gasteiger partial charge in [-0.3, -0.25) is 4.79 Å². The summed E-state index contributed by atoms with van der Waals surface area (Å²) in [7, 11) is 0. The summed E-state index contributed by atoms with van der Waals surface area (Å²) in [5.41, 5.74) is 5.65. The van der Waals surface area contributed by atoms with Crippen LogP contribution in [0, 0.1) is 17.8 Å². The third-order valence-electron chi connectivity index (χ3n) is 5.45. The zero-order valence-electron chi connectivity index (χ0n) is 12.0. The van der Waals surface area contributed by atoms with Crippen LogP contribution in [-0.2, 0) is 4.79 Å². The average molecular weight is 279 g/mol. The molecule has 3 rings (SSSR count). The highest BCUT2D eigenvalue weighted by Gasteiger charge is 2.56. The maximum Gasteiger partial charge on any atom is 0.226 e. The summed E-state index contributed by atoms with van der Waals surface area (Å²) in [6.07, 6.45) is 9.46. The Labute approximate surface area is 120 Å². The Morgan fingerprint density at radius 1 is 1.10 bits per heavy atom. The number of nitrogens with zero attached hydrogens (tertiary/aromatic N) is 2. The first kappa shape index (κ1) is 13.7.